The molecule has 1 heterocycles. The zero-order chi connectivity index (χ0) is 14.5. The van der Waals surface area contributed by atoms with Crippen molar-refractivity contribution in [2.75, 3.05) is 25.4 Å². The van der Waals surface area contributed by atoms with Crippen molar-refractivity contribution in [1.82, 2.24) is 10.6 Å². The van der Waals surface area contributed by atoms with E-state index in [1.807, 2.05) is 18.2 Å². The van der Waals surface area contributed by atoms with Gasteiger partial charge in [-0.3, -0.25) is 4.79 Å². The lowest BCUT2D eigenvalue weighted by atomic mass is 10.2. The molecule has 6 heteroatoms. The van der Waals surface area contributed by atoms with Gasteiger partial charge in [0.2, 0.25) is 0 Å². The minimum absolute atomic E-state index is 0.0906. The van der Waals surface area contributed by atoms with Crippen LogP contribution < -0.4 is 16.4 Å². The van der Waals surface area contributed by atoms with Crippen LogP contribution in [0.25, 0.3) is 10.1 Å². The molecule has 4 nitrogen and oxygen atoms in total. The molecule has 4 N–H and O–H groups in total. The molecule has 1 aromatic carbocycles. The van der Waals surface area contributed by atoms with Gasteiger partial charge in [0.25, 0.3) is 5.91 Å². The normalized spacial score (nSPS) is 10.9. The third-order valence-electron chi connectivity index (χ3n) is 2.97. The van der Waals surface area contributed by atoms with Gasteiger partial charge in [-0.15, -0.1) is 11.3 Å². The SMILES string of the molecule is CCNCCCNC(=O)c1sc2cccc(Br)c2c1N. The maximum Gasteiger partial charge on any atom is 0.263 e. The van der Waals surface area contributed by atoms with Crippen LogP contribution in [0.4, 0.5) is 5.69 Å². The first-order valence-corrected chi connectivity index (χ1v) is 8.21. The van der Waals surface area contributed by atoms with Crippen molar-refractivity contribution in [2.24, 2.45) is 0 Å². The molecular formula is C14H18BrN3OS. The van der Waals surface area contributed by atoms with Crippen molar-refractivity contribution in [3.05, 3.63) is 27.5 Å². The highest BCUT2D eigenvalue weighted by molar-refractivity contribution is 9.10. The Morgan fingerprint density at radius 3 is 2.90 bits per heavy atom. The number of fused-ring (bicyclic) bond motifs is 1. The Balaban J connectivity index is 2.07. The van der Waals surface area contributed by atoms with E-state index in [0.717, 1.165) is 34.1 Å². The zero-order valence-corrected chi connectivity index (χ0v) is 13.7. The molecule has 0 aliphatic heterocycles. The molecule has 0 spiro atoms. The van der Waals surface area contributed by atoms with E-state index in [4.69, 9.17) is 5.73 Å². The number of nitrogens with two attached hydrogens (primary N) is 1. The van der Waals surface area contributed by atoms with E-state index in [2.05, 4.69) is 33.5 Å². The van der Waals surface area contributed by atoms with Crippen LogP contribution in [0.15, 0.2) is 22.7 Å². The third kappa shape index (κ3) is 3.31. The van der Waals surface area contributed by atoms with Gasteiger partial charge in [0.1, 0.15) is 4.88 Å². The Kier molecular flexibility index (Phi) is 5.39. The van der Waals surface area contributed by atoms with Gasteiger partial charge in [0.05, 0.1) is 5.69 Å². The number of nitrogen functional groups attached to an aromatic ring is 1. The second-order valence-corrected chi connectivity index (χ2v) is 6.33. The van der Waals surface area contributed by atoms with Gasteiger partial charge >= 0.3 is 0 Å². The smallest absolute Gasteiger partial charge is 0.263 e. The number of rotatable bonds is 6. The van der Waals surface area contributed by atoms with Gasteiger partial charge in [-0.1, -0.05) is 28.9 Å². The number of nitrogens with one attached hydrogen (secondary N) is 2. The van der Waals surface area contributed by atoms with E-state index in [-0.39, 0.29) is 5.91 Å². The Labute approximate surface area is 130 Å². The summed E-state index contributed by atoms with van der Waals surface area (Å²) < 4.78 is 1.95. The van der Waals surface area contributed by atoms with Gasteiger partial charge < -0.3 is 16.4 Å². The van der Waals surface area contributed by atoms with E-state index < -0.39 is 0 Å². The van der Waals surface area contributed by atoms with Crippen LogP contribution in [0.5, 0.6) is 0 Å². The van der Waals surface area contributed by atoms with Crippen LogP contribution in [0.1, 0.15) is 23.0 Å². The largest absolute Gasteiger partial charge is 0.397 e. The molecule has 2 aromatic rings. The summed E-state index contributed by atoms with van der Waals surface area (Å²) in [6, 6.07) is 5.85. The van der Waals surface area contributed by atoms with Crippen LogP contribution in [0, 0.1) is 0 Å². The molecule has 0 unspecified atom stereocenters. The minimum atomic E-state index is -0.0906. The summed E-state index contributed by atoms with van der Waals surface area (Å²) in [7, 11) is 0. The lowest BCUT2D eigenvalue weighted by molar-refractivity contribution is 0.0958. The predicted octanol–water partition coefficient (Wildman–Crippen LogP) is 2.98. The Hall–Kier alpha value is -1.11. The number of amides is 1. The third-order valence-corrected chi connectivity index (χ3v) is 4.80. The molecule has 0 fully saturated rings. The van der Waals surface area contributed by atoms with Crippen molar-refractivity contribution in [2.45, 2.75) is 13.3 Å². The number of halogens is 1. The number of hydrogen-bond donors (Lipinski definition) is 3. The van der Waals surface area contributed by atoms with Gasteiger partial charge in [0, 0.05) is 21.1 Å². The Morgan fingerprint density at radius 1 is 1.40 bits per heavy atom. The number of hydrogen-bond acceptors (Lipinski definition) is 4. The summed E-state index contributed by atoms with van der Waals surface area (Å²) >= 11 is 4.91. The molecule has 0 radical (unpaired) electrons. The monoisotopic (exact) mass is 355 g/mol. The topological polar surface area (TPSA) is 67.1 Å². The second kappa shape index (κ2) is 7.06. The van der Waals surface area contributed by atoms with Crippen molar-refractivity contribution in [3.63, 3.8) is 0 Å². The average molecular weight is 356 g/mol. The molecule has 0 bridgehead atoms. The van der Waals surface area contributed by atoms with E-state index in [1.165, 1.54) is 11.3 Å². The Bertz CT molecular complexity index is 612. The van der Waals surface area contributed by atoms with Crippen molar-refractivity contribution >= 4 is 48.9 Å². The number of anilines is 1. The molecule has 1 amide bonds. The van der Waals surface area contributed by atoms with Crippen LogP contribution in [-0.4, -0.2) is 25.5 Å². The van der Waals surface area contributed by atoms with Gasteiger partial charge in [-0.25, -0.2) is 0 Å². The van der Waals surface area contributed by atoms with Gasteiger partial charge in [-0.2, -0.15) is 0 Å². The second-order valence-electron chi connectivity index (χ2n) is 4.42. The molecule has 2 rings (SSSR count). The van der Waals surface area contributed by atoms with Crippen molar-refractivity contribution < 1.29 is 4.79 Å². The summed E-state index contributed by atoms with van der Waals surface area (Å²) in [5, 5.41) is 7.06. The summed E-state index contributed by atoms with van der Waals surface area (Å²) in [5.74, 6) is -0.0906. The molecule has 1 aromatic heterocycles. The summed E-state index contributed by atoms with van der Waals surface area (Å²) in [6.07, 6.45) is 0.911. The first-order chi connectivity index (χ1) is 9.65. The summed E-state index contributed by atoms with van der Waals surface area (Å²) in [5.41, 5.74) is 6.66. The first kappa shape index (κ1) is 15.3. The number of benzene rings is 1. The molecule has 0 saturated heterocycles. The van der Waals surface area contributed by atoms with Crippen LogP contribution in [0.2, 0.25) is 0 Å². The molecule has 108 valence electrons. The van der Waals surface area contributed by atoms with Gasteiger partial charge in [-0.05, 0) is 31.6 Å². The fourth-order valence-corrected chi connectivity index (χ4v) is 3.75. The summed E-state index contributed by atoms with van der Waals surface area (Å²) in [4.78, 5) is 12.8. The number of thiophene rings is 1. The zero-order valence-electron chi connectivity index (χ0n) is 11.3. The van der Waals surface area contributed by atoms with Crippen LogP contribution >= 0.6 is 27.3 Å². The fraction of sp³-hybridized carbons (Fsp3) is 0.357. The predicted molar refractivity (Wildman–Crippen MR) is 89.4 cm³/mol. The highest BCUT2D eigenvalue weighted by Gasteiger charge is 2.17. The van der Waals surface area contributed by atoms with Crippen LogP contribution in [-0.2, 0) is 0 Å². The quantitative estimate of drug-likeness (QED) is 0.697. The van der Waals surface area contributed by atoms with E-state index in [9.17, 15) is 4.79 Å². The molecule has 20 heavy (non-hydrogen) atoms. The van der Waals surface area contributed by atoms with Gasteiger partial charge in [0.15, 0.2) is 0 Å². The molecule has 0 saturated carbocycles. The van der Waals surface area contributed by atoms with E-state index in [1.54, 1.807) is 0 Å². The van der Waals surface area contributed by atoms with Crippen molar-refractivity contribution in [3.8, 4) is 0 Å². The fourth-order valence-electron chi connectivity index (χ4n) is 1.97. The average Bonchev–Trinajstić information content (AvgIpc) is 2.77. The minimum Gasteiger partial charge on any atom is -0.397 e. The van der Waals surface area contributed by atoms with E-state index >= 15 is 0 Å². The van der Waals surface area contributed by atoms with E-state index in [0.29, 0.717) is 17.1 Å². The van der Waals surface area contributed by atoms with Crippen LogP contribution in [0.3, 0.4) is 0 Å². The standard InChI is InChI=1S/C14H18BrN3OS/c1-2-17-7-4-8-18-14(19)13-12(16)11-9(15)5-3-6-10(11)20-13/h3,5-6,17H,2,4,7-8,16H2,1H3,(H,18,19). The molecule has 0 atom stereocenters. The Morgan fingerprint density at radius 2 is 2.20 bits per heavy atom. The number of carbonyl (C=O) groups is 1. The highest BCUT2D eigenvalue weighted by Crippen LogP contribution is 2.37. The molecule has 0 aliphatic rings. The summed E-state index contributed by atoms with van der Waals surface area (Å²) in [6.45, 7) is 4.57. The lowest BCUT2D eigenvalue weighted by Gasteiger charge is -2.04. The lowest BCUT2D eigenvalue weighted by Crippen LogP contribution is -2.27. The first-order valence-electron chi connectivity index (χ1n) is 6.60. The van der Waals surface area contributed by atoms with Crippen molar-refractivity contribution in [1.29, 1.82) is 0 Å². The molecule has 0 aliphatic carbocycles. The maximum absolute atomic E-state index is 12.2. The highest BCUT2D eigenvalue weighted by atomic mass is 79.9. The number of carbonyl (C=O) groups excluding carboxylic acids is 1. The molecular weight excluding hydrogens is 338 g/mol. The maximum atomic E-state index is 12.2.